The van der Waals surface area contributed by atoms with Gasteiger partial charge in [-0.2, -0.15) is 0 Å². The van der Waals surface area contributed by atoms with E-state index >= 15 is 0 Å². The van der Waals surface area contributed by atoms with Gasteiger partial charge in [0.05, 0.1) is 0 Å². The van der Waals surface area contributed by atoms with Crippen LogP contribution in [0.5, 0.6) is 0 Å². The van der Waals surface area contributed by atoms with Crippen molar-refractivity contribution < 1.29 is 23.8 Å². The summed E-state index contributed by atoms with van der Waals surface area (Å²) in [7, 11) is 0. The van der Waals surface area contributed by atoms with E-state index in [2.05, 4.69) is 5.32 Å². The van der Waals surface area contributed by atoms with Crippen LogP contribution < -0.4 is 5.32 Å². The molecule has 5 nitrogen and oxygen atoms in total. The highest BCUT2D eigenvalue weighted by Crippen LogP contribution is 2.24. The smallest absolute Gasteiger partial charge is 0.329 e. The molecule has 0 saturated carbocycles. The van der Waals surface area contributed by atoms with E-state index in [0.29, 0.717) is 18.8 Å². The second-order valence-corrected chi connectivity index (χ2v) is 5.71. The van der Waals surface area contributed by atoms with Gasteiger partial charge in [0.25, 0.3) is 0 Å². The SMILES string of the molecule is CC(CC(=O)NC1(C(=O)O)CCOCC1)c1cccc(F)c1. The third-order valence-electron chi connectivity index (χ3n) is 4.04. The second-order valence-electron chi connectivity index (χ2n) is 5.71. The Labute approximate surface area is 128 Å². The van der Waals surface area contributed by atoms with Crippen molar-refractivity contribution in [2.45, 2.75) is 37.6 Å². The van der Waals surface area contributed by atoms with Crippen molar-refractivity contribution in [2.75, 3.05) is 13.2 Å². The van der Waals surface area contributed by atoms with Gasteiger partial charge in [-0.1, -0.05) is 19.1 Å². The highest BCUT2D eigenvalue weighted by Gasteiger charge is 2.41. The lowest BCUT2D eigenvalue weighted by Gasteiger charge is -2.34. The van der Waals surface area contributed by atoms with Crippen molar-refractivity contribution in [3.63, 3.8) is 0 Å². The number of hydrogen-bond donors (Lipinski definition) is 2. The zero-order chi connectivity index (χ0) is 16.2. The van der Waals surface area contributed by atoms with E-state index in [-0.39, 0.29) is 36.9 Å². The number of carbonyl (C=O) groups is 2. The van der Waals surface area contributed by atoms with Crippen molar-refractivity contribution in [2.24, 2.45) is 0 Å². The molecule has 1 saturated heterocycles. The number of ether oxygens (including phenoxy) is 1. The molecule has 1 aliphatic rings. The number of amides is 1. The number of nitrogens with one attached hydrogen (secondary N) is 1. The molecule has 6 heteroatoms. The zero-order valence-electron chi connectivity index (χ0n) is 12.5. The van der Waals surface area contributed by atoms with Gasteiger partial charge in [0.15, 0.2) is 0 Å². The van der Waals surface area contributed by atoms with Gasteiger partial charge in [-0.15, -0.1) is 0 Å². The maximum absolute atomic E-state index is 13.2. The second kappa shape index (κ2) is 6.87. The molecule has 1 aromatic carbocycles. The van der Waals surface area contributed by atoms with Crippen LogP contribution in [0.25, 0.3) is 0 Å². The number of carboxylic acids is 1. The normalized spacial score (nSPS) is 18.5. The summed E-state index contributed by atoms with van der Waals surface area (Å²) in [5.74, 6) is -1.93. The molecular weight excluding hydrogens is 289 g/mol. The zero-order valence-corrected chi connectivity index (χ0v) is 12.5. The highest BCUT2D eigenvalue weighted by atomic mass is 19.1. The van der Waals surface area contributed by atoms with Gasteiger partial charge < -0.3 is 15.2 Å². The van der Waals surface area contributed by atoms with E-state index in [4.69, 9.17) is 4.74 Å². The van der Waals surface area contributed by atoms with Crippen LogP contribution in [0.4, 0.5) is 4.39 Å². The Morgan fingerprint density at radius 2 is 2.09 bits per heavy atom. The first-order chi connectivity index (χ1) is 10.4. The van der Waals surface area contributed by atoms with E-state index in [0.717, 1.165) is 0 Å². The quantitative estimate of drug-likeness (QED) is 0.873. The highest BCUT2D eigenvalue weighted by molar-refractivity contribution is 5.87. The average molecular weight is 309 g/mol. The van der Waals surface area contributed by atoms with Gasteiger partial charge in [-0.25, -0.2) is 9.18 Å². The minimum absolute atomic E-state index is 0.110. The number of halogens is 1. The summed E-state index contributed by atoms with van der Waals surface area (Å²) < 4.78 is 18.4. The third-order valence-corrected chi connectivity index (χ3v) is 4.04. The molecule has 120 valence electrons. The maximum Gasteiger partial charge on any atom is 0.329 e. The summed E-state index contributed by atoms with van der Waals surface area (Å²) in [6.45, 7) is 2.43. The molecule has 2 N–H and O–H groups in total. The Kier molecular flexibility index (Phi) is 5.13. The minimum Gasteiger partial charge on any atom is -0.480 e. The Morgan fingerprint density at radius 1 is 1.41 bits per heavy atom. The van der Waals surface area contributed by atoms with Crippen LogP contribution in [0.1, 0.15) is 37.7 Å². The number of aliphatic carboxylic acids is 1. The molecule has 1 amide bonds. The van der Waals surface area contributed by atoms with Gasteiger partial charge in [0.1, 0.15) is 11.4 Å². The van der Waals surface area contributed by atoms with Crippen LogP contribution >= 0.6 is 0 Å². The van der Waals surface area contributed by atoms with E-state index in [1.165, 1.54) is 12.1 Å². The molecule has 1 heterocycles. The van der Waals surface area contributed by atoms with Crippen molar-refractivity contribution in [1.82, 2.24) is 5.32 Å². The van der Waals surface area contributed by atoms with E-state index in [9.17, 15) is 19.1 Å². The molecule has 0 radical (unpaired) electrons. The number of carbonyl (C=O) groups excluding carboxylic acids is 1. The minimum atomic E-state index is -1.25. The number of rotatable bonds is 5. The summed E-state index contributed by atoms with van der Waals surface area (Å²) >= 11 is 0. The topological polar surface area (TPSA) is 75.6 Å². The van der Waals surface area contributed by atoms with Crippen LogP contribution in [-0.4, -0.2) is 35.7 Å². The van der Waals surface area contributed by atoms with Gasteiger partial charge in [-0.3, -0.25) is 4.79 Å². The fourth-order valence-corrected chi connectivity index (χ4v) is 2.64. The molecule has 2 rings (SSSR count). The predicted octanol–water partition coefficient (Wildman–Crippen LogP) is 2.07. The summed E-state index contributed by atoms with van der Waals surface area (Å²) in [6, 6.07) is 6.08. The molecular formula is C16H20FNO4. The lowest BCUT2D eigenvalue weighted by molar-refractivity contribution is -0.152. The van der Waals surface area contributed by atoms with Gasteiger partial charge in [0.2, 0.25) is 5.91 Å². The summed E-state index contributed by atoms with van der Waals surface area (Å²) in [5.41, 5.74) is -0.539. The Bertz CT molecular complexity index is 555. The Hall–Kier alpha value is -1.95. The van der Waals surface area contributed by atoms with Crippen LogP contribution in [0.3, 0.4) is 0 Å². The standard InChI is InChI=1S/C16H20FNO4/c1-11(12-3-2-4-13(17)10-12)9-14(19)18-16(15(20)21)5-7-22-8-6-16/h2-4,10-11H,5-9H2,1H3,(H,18,19)(H,20,21). The molecule has 0 aromatic heterocycles. The molecule has 0 aliphatic carbocycles. The Balaban J connectivity index is 2.00. The largest absolute Gasteiger partial charge is 0.480 e. The molecule has 0 spiro atoms. The van der Waals surface area contributed by atoms with E-state index in [1.807, 2.05) is 6.92 Å². The fraction of sp³-hybridized carbons (Fsp3) is 0.500. The first-order valence-electron chi connectivity index (χ1n) is 7.30. The molecule has 22 heavy (non-hydrogen) atoms. The van der Waals surface area contributed by atoms with Crippen molar-refractivity contribution in [3.8, 4) is 0 Å². The predicted molar refractivity (Wildman–Crippen MR) is 78.0 cm³/mol. The van der Waals surface area contributed by atoms with Gasteiger partial charge in [-0.05, 0) is 23.6 Å². The number of carboxylic acid groups (broad SMARTS) is 1. The third kappa shape index (κ3) is 3.82. The van der Waals surface area contributed by atoms with Gasteiger partial charge >= 0.3 is 5.97 Å². The first-order valence-corrected chi connectivity index (χ1v) is 7.30. The first kappa shape index (κ1) is 16.4. The molecule has 1 fully saturated rings. The number of hydrogen-bond acceptors (Lipinski definition) is 3. The fourth-order valence-electron chi connectivity index (χ4n) is 2.64. The van der Waals surface area contributed by atoms with E-state index in [1.54, 1.807) is 12.1 Å². The van der Waals surface area contributed by atoms with Crippen LogP contribution in [-0.2, 0) is 14.3 Å². The summed E-state index contributed by atoms with van der Waals surface area (Å²) in [4.78, 5) is 23.7. The maximum atomic E-state index is 13.2. The Morgan fingerprint density at radius 3 is 2.68 bits per heavy atom. The lowest BCUT2D eigenvalue weighted by Crippen LogP contribution is -2.57. The monoisotopic (exact) mass is 309 g/mol. The van der Waals surface area contributed by atoms with Crippen LogP contribution in [0.15, 0.2) is 24.3 Å². The van der Waals surface area contributed by atoms with Crippen molar-refractivity contribution >= 4 is 11.9 Å². The summed E-state index contributed by atoms with van der Waals surface area (Å²) in [6.07, 6.45) is 0.615. The van der Waals surface area contributed by atoms with E-state index < -0.39 is 11.5 Å². The van der Waals surface area contributed by atoms with Crippen molar-refractivity contribution in [3.05, 3.63) is 35.6 Å². The molecule has 0 bridgehead atoms. The van der Waals surface area contributed by atoms with Gasteiger partial charge in [0, 0.05) is 32.5 Å². The average Bonchev–Trinajstić information content (AvgIpc) is 2.47. The van der Waals surface area contributed by atoms with Crippen molar-refractivity contribution in [1.29, 1.82) is 0 Å². The molecule has 1 aromatic rings. The van der Waals surface area contributed by atoms with Crippen LogP contribution in [0, 0.1) is 5.82 Å². The van der Waals surface area contributed by atoms with Crippen LogP contribution in [0.2, 0.25) is 0 Å². The molecule has 1 aliphatic heterocycles. The molecule has 1 atom stereocenters. The lowest BCUT2D eigenvalue weighted by atomic mass is 9.89. The number of benzene rings is 1. The summed E-state index contributed by atoms with van der Waals surface area (Å²) in [5, 5.41) is 12.0. The molecule has 1 unspecified atom stereocenters.